The summed E-state index contributed by atoms with van der Waals surface area (Å²) in [5, 5.41) is 0. The molecule has 0 aromatic carbocycles. The molecule has 6 nitrogen and oxygen atoms in total. The van der Waals surface area contributed by atoms with Crippen molar-refractivity contribution in [1.82, 2.24) is 9.21 Å². The van der Waals surface area contributed by atoms with Gasteiger partial charge in [0.25, 0.3) is 10.0 Å². The normalized spacial score (nSPS) is 25.2. The lowest BCUT2D eigenvalue weighted by Gasteiger charge is -2.35. The number of esters is 1. The van der Waals surface area contributed by atoms with E-state index in [9.17, 15) is 13.2 Å². The molecule has 8 heteroatoms. The zero-order valence-corrected chi connectivity index (χ0v) is 13.5. The molecule has 0 amide bonds. The van der Waals surface area contributed by atoms with Crippen LogP contribution in [-0.4, -0.2) is 62.4 Å². The summed E-state index contributed by atoms with van der Waals surface area (Å²) in [6.45, 7) is 4.35. The highest BCUT2D eigenvalue weighted by molar-refractivity contribution is 7.91. The number of hydrogen-bond acceptors (Lipinski definition) is 6. The molecule has 0 spiro atoms. The van der Waals surface area contributed by atoms with E-state index in [2.05, 4.69) is 0 Å². The van der Waals surface area contributed by atoms with Gasteiger partial charge in [-0.3, -0.25) is 9.69 Å². The van der Waals surface area contributed by atoms with Crippen LogP contribution in [0, 0.1) is 6.92 Å². The first-order valence-corrected chi connectivity index (χ1v) is 9.21. The van der Waals surface area contributed by atoms with E-state index in [-0.39, 0.29) is 12.0 Å². The summed E-state index contributed by atoms with van der Waals surface area (Å²) in [6.07, 6.45) is 0.704. The second kappa shape index (κ2) is 5.68. The van der Waals surface area contributed by atoms with Crippen LogP contribution in [0.25, 0.3) is 0 Å². The Balaban J connectivity index is 1.67. The van der Waals surface area contributed by atoms with Gasteiger partial charge in [-0.2, -0.15) is 4.31 Å². The first-order valence-electron chi connectivity index (χ1n) is 6.96. The van der Waals surface area contributed by atoms with Crippen LogP contribution in [0.5, 0.6) is 0 Å². The summed E-state index contributed by atoms with van der Waals surface area (Å²) < 4.78 is 31.9. The number of thiophene rings is 1. The SMILES string of the molecule is Cc1ccc(S(=O)(=O)N2CCN(C3CCOC3=O)CC2)s1. The molecule has 3 heterocycles. The van der Waals surface area contributed by atoms with Gasteiger partial charge in [0.2, 0.25) is 0 Å². The maximum absolute atomic E-state index is 12.5. The van der Waals surface area contributed by atoms with Crippen molar-refractivity contribution >= 4 is 27.3 Å². The fourth-order valence-corrected chi connectivity index (χ4v) is 5.61. The number of nitrogens with zero attached hydrogens (tertiary/aromatic N) is 2. The van der Waals surface area contributed by atoms with Crippen LogP contribution in [0.2, 0.25) is 0 Å². The van der Waals surface area contributed by atoms with E-state index >= 15 is 0 Å². The number of piperazine rings is 1. The van der Waals surface area contributed by atoms with Crippen LogP contribution in [0.15, 0.2) is 16.3 Å². The van der Waals surface area contributed by atoms with E-state index in [0.29, 0.717) is 43.4 Å². The lowest BCUT2D eigenvalue weighted by molar-refractivity contribution is -0.142. The highest BCUT2D eigenvalue weighted by Gasteiger charge is 2.36. The highest BCUT2D eigenvalue weighted by Crippen LogP contribution is 2.26. The molecule has 1 atom stereocenters. The van der Waals surface area contributed by atoms with Crippen molar-refractivity contribution in [3.63, 3.8) is 0 Å². The number of carbonyl (C=O) groups is 1. The van der Waals surface area contributed by atoms with Crippen molar-refractivity contribution in [2.45, 2.75) is 23.6 Å². The minimum atomic E-state index is -3.39. The standard InChI is InChI=1S/C13H18N2O4S2/c1-10-2-3-12(20-10)21(17,18)15-7-5-14(6-8-15)11-4-9-19-13(11)16/h2-3,11H,4-9H2,1H3. The maximum Gasteiger partial charge on any atom is 0.323 e. The average Bonchev–Trinajstić information content (AvgIpc) is 3.08. The molecule has 2 aliphatic rings. The topological polar surface area (TPSA) is 66.9 Å². The van der Waals surface area contributed by atoms with Crippen molar-refractivity contribution in [2.75, 3.05) is 32.8 Å². The lowest BCUT2D eigenvalue weighted by Crippen LogP contribution is -2.52. The van der Waals surface area contributed by atoms with Gasteiger partial charge >= 0.3 is 5.97 Å². The van der Waals surface area contributed by atoms with Gasteiger partial charge in [-0.25, -0.2) is 8.42 Å². The van der Waals surface area contributed by atoms with E-state index in [1.807, 2.05) is 17.9 Å². The van der Waals surface area contributed by atoms with Crippen molar-refractivity contribution < 1.29 is 17.9 Å². The van der Waals surface area contributed by atoms with Gasteiger partial charge in [0.05, 0.1) is 6.61 Å². The van der Waals surface area contributed by atoms with E-state index in [1.54, 1.807) is 6.07 Å². The van der Waals surface area contributed by atoms with Crippen LogP contribution in [0.1, 0.15) is 11.3 Å². The molecule has 0 bridgehead atoms. The first-order chi connectivity index (χ1) is 9.98. The molecule has 1 unspecified atom stereocenters. The number of rotatable bonds is 3. The van der Waals surface area contributed by atoms with Gasteiger partial charge < -0.3 is 4.74 Å². The molecule has 0 saturated carbocycles. The first kappa shape index (κ1) is 15.0. The smallest absolute Gasteiger partial charge is 0.323 e. The number of hydrogen-bond donors (Lipinski definition) is 0. The predicted molar refractivity (Wildman–Crippen MR) is 78.8 cm³/mol. The molecular formula is C13H18N2O4S2. The monoisotopic (exact) mass is 330 g/mol. The van der Waals surface area contributed by atoms with Gasteiger partial charge in [-0.05, 0) is 19.1 Å². The molecule has 116 valence electrons. The minimum Gasteiger partial charge on any atom is -0.464 e. The molecule has 2 fully saturated rings. The van der Waals surface area contributed by atoms with Crippen LogP contribution in [0.4, 0.5) is 0 Å². The largest absolute Gasteiger partial charge is 0.464 e. The Morgan fingerprint density at radius 1 is 1.24 bits per heavy atom. The number of carbonyl (C=O) groups excluding carboxylic acids is 1. The summed E-state index contributed by atoms with van der Waals surface area (Å²) in [4.78, 5) is 14.6. The zero-order valence-electron chi connectivity index (χ0n) is 11.8. The Bertz CT molecular complexity index is 632. The summed E-state index contributed by atoms with van der Waals surface area (Å²) in [7, 11) is -3.39. The molecule has 1 aromatic rings. The van der Waals surface area contributed by atoms with Crippen LogP contribution in [0.3, 0.4) is 0 Å². The van der Waals surface area contributed by atoms with Crippen LogP contribution >= 0.6 is 11.3 Å². The van der Waals surface area contributed by atoms with E-state index in [4.69, 9.17) is 4.74 Å². The van der Waals surface area contributed by atoms with Crippen molar-refractivity contribution in [2.24, 2.45) is 0 Å². The number of sulfonamides is 1. The summed E-state index contributed by atoms with van der Waals surface area (Å²) in [6, 6.07) is 3.29. The van der Waals surface area contributed by atoms with Crippen molar-refractivity contribution in [1.29, 1.82) is 0 Å². The fraction of sp³-hybridized carbons (Fsp3) is 0.615. The minimum absolute atomic E-state index is 0.180. The third-order valence-electron chi connectivity index (χ3n) is 3.93. The molecule has 0 aliphatic carbocycles. The van der Waals surface area contributed by atoms with Gasteiger partial charge in [0, 0.05) is 37.5 Å². The van der Waals surface area contributed by atoms with E-state index < -0.39 is 10.0 Å². The third-order valence-corrected chi connectivity index (χ3v) is 7.30. The van der Waals surface area contributed by atoms with Crippen LogP contribution in [-0.2, 0) is 19.6 Å². The van der Waals surface area contributed by atoms with Gasteiger partial charge in [-0.15, -0.1) is 11.3 Å². The highest BCUT2D eigenvalue weighted by atomic mass is 32.2. The predicted octanol–water partition coefficient (Wildman–Crippen LogP) is 0.678. The second-order valence-corrected chi connectivity index (χ2v) is 8.73. The number of ether oxygens (including phenoxy) is 1. The lowest BCUT2D eigenvalue weighted by atomic mass is 10.2. The van der Waals surface area contributed by atoms with Gasteiger partial charge in [-0.1, -0.05) is 0 Å². The Morgan fingerprint density at radius 2 is 1.95 bits per heavy atom. The molecule has 1 aromatic heterocycles. The average molecular weight is 330 g/mol. The molecule has 0 radical (unpaired) electrons. The molecular weight excluding hydrogens is 312 g/mol. The van der Waals surface area contributed by atoms with E-state index in [0.717, 1.165) is 4.88 Å². The number of cyclic esters (lactones) is 1. The summed E-state index contributed by atoms with van der Waals surface area (Å²) >= 11 is 1.30. The third kappa shape index (κ3) is 2.85. The maximum atomic E-state index is 12.5. The Hall–Kier alpha value is -0.960. The quantitative estimate of drug-likeness (QED) is 0.763. The fourth-order valence-electron chi connectivity index (χ4n) is 2.75. The van der Waals surface area contributed by atoms with Gasteiger partial charge in [0.15, 0.2) is 0 Å². The summed E-state index contributed by atoms with van der Waals surface area (Å²) in [5.41, 5.74) is 0. The number of aryl methyl sites for hydroxylation is 1. The Labute approximate surface area is 128 Å². The van der Waals surface area contributed by atoms with Crippen molar-refractivity contribution in [3.05, 3.63) is 17.0 Å². The molecule has 0 N–H and O–H groups in total. The van der Waals surface area contributed by atoms with Crippen LogP contribution < -0.4 is 0 Å². The molecule has 3 rings (SSSR count). The molecule has 2 aliphatic heterocycles. The Kier molecular flexibility index (Phi) is 4.04. The zero-order chi connectivity index (χ0) is 15.0. The summed E-state index contributed by atoms with van der Waals surface area (Å²) in [5.74, 6) is -0.180. The Morgan fingerprint density at radius 3 is 2.48 bits per heavy atom. The second-order valence-electron chi connectivity index (χ2n) is 5.28. The van der Waals surface area contributed by atoms with Gasteiger partial charge in [0.1, 0.15) is 10.3 Å². The van der Waals surface area contributed by atoms with E-state index in [1.165, 1.54) is 15.6 Å². The van der Waals surface area contributed by atoms with Crippen molar-refractivity contribution in [3.8, 4) is 0 Å². The molecule has 2 saturated heterocycles. The molecule has 21 heavy (non-hydrogen) atoms.